The largest absolute Gasteiger partial charge is 0.510 e. The van der Waals surface area contributed by atoms with Crippen LogP contribution >= 0.6 is 0 Å². The second-order valence-electron chi connectivity index (χ2n) is 23.2. The Morgan fingerprint density at radius 3 is 1.67 bits per heavy atom. The summed E-state index contributed by atoms with van der Waals surface area (Å²) >= 11 is 0. The molecule has 0 aliphatic carbocycles. The van der Waals surface area contributed by atoms with Gasteiger partial charge in [-0.3, -0.25) is 4.57 Å². The molecule has 0 bridgehead atoms. The molecule has 0 N–H and O–H groups in total. The van der Waals surface area contributed by atoms with Gasteiger partial charge in [0.15, 0.2) is 8.07 Å². The topological polar surface area (TPSA) is 35.9 Å². The first-order chi connectivity index (χ1) is 64.1. The van der Waals surface area contributed by atoms with Crippen molar-refractivity contribution in [2.24, 2.45) is 0 Å². The fraction of sp³-hybridized carbons (Fsp3) is 0.0769. The minimum absolute atomic E-state index is 0. The molecule has 7 heteroatoms. The predicted molar refractivity (Wildman–Crippen MR) is 401 cm³/mol. The van der Waals surface area contributed by atoms with Crippen molar-refractivity contribution in [1.29, 1.82) is 0 Å². The van der Waals surface area contributed by atoms with E-state index < -0.39 is 315 Å². The number of aromatic nitrogens is 4. The number of nitrogens with zero attached hydrogens (tertiary/aromatic N) is 4. The fourth-order valence-electron chi connectivity index (χ4n) is 12.5. The quantitative estimate of drug-likeness (QED) is 0.0444. The second kappa shape index (κ2) is 26.2. The van der Waals surface area contributed by atoms with Crippen molar-refractivity contribution in [1.82, 2.24) is 14.1 Å². The molecular weight excluding hydrogens is 1390 g/mol. The van der Waals surface area contributed by atoms with E-state index in [9.17, 15) is 38.4 Å². The van der Waals surface area contributed by atoms with Crippen LogP contribution in [0.5, 0.6) is 11.5 Å². The van der Waals surface area contributed by atoms with E-state index in [-0.39, 0.29) is 54.7 Å². The number of pyridine rings is 1. The Hall–Kier alpha value is -11.0. The summed E-state index contributed by atoms with van der Waals surface area (Å²) in [5.74, 6) is 0.407. The van der Waals surface area contributed by atoms with Gasteiger partial charge < -0.3 is 13.9 Å². The third-order valence-electron chi connectivity index (χ3n) is 16.8. The van der Waals surface area contributed by atoms with Crippen LogP contribution in [0.15, 0.2) is 333 Å². The van der Waals surface area contributed by atoms with Gasteiger partial charge in [0.25, 0.3) is 6.33 Å². The van der Waals surface area contributed by atoms with Gasteiger partial charge in [0.2, 0.25) is 0 Å². The van der Waals surface area contributed by atoms with E-state index in [1.165, 1.54) is 42.5 Å². The van der Waals surface area contributed by atoms with Gasteiger partial charge >= 0.3 is 0 Å². The monoisotopic (exact) mass is 1500 g/mol. The Morgan fingerprint density at radius 1 is 0.490 bits per heavy atom. The molecule has 0 aliphatic heterocycles. The third-order valence-corrected chi connectivity index (χ3v) is 21.0. The van der Waals surface area contributed by atoms with Crippen LogP contribution in [-0.2, 0) is 31.9 Å². The zero-order chi connectivity index (χ0) is 100. The SMILES string of the molecule is [2H]c1c([2H])c([2H])c(C(c2c([2H])c([2H])c([2H])c([2H])c2[2H])(c2c([2H])c([2H])c([2H])c([2H])c2[2H])c2c([2H])c([2H])c([2H])c(-c3cccc([Si](c4c([2H])c([2H])c([2H])c([2H])c4[2H])(c4c([2H])c([2H])c([2H])c([2H])c4[2H])c4c([2H])c([2H])c([2H])c([2H])c4[2H])c3-[n+]3[c-]n(-c4[c-]c(Oc5[c-]c6c(cc5)c5ccccc5n6-c5cc(C(C)(C)C)ccn5)ccc4)c4cc(-c5c(C([2H])([2H])[2H])cccc5C([2H])([2H])[2H])ccc43)c2[2H])c([2H])c1[2H].[Pt]. The number of ether oxygens (including phenoxy) is 1. The molecule has 3 aromatic heterocycles. The van der Waals surface area contributed by atoms with Crippen molar-refractivity contribution >= 4 is 61.7 Å². The summed E-state index contributed by atoms with van der Waals surface area (Å²) in [4.78, 5) is 4.80. The molecule has 13 aromatic carbocycles. The number of benzene rings is 13. The predicted octanol–water partition coefficient (Wildman–Crippen LogP) is 18.6. The van der Waals surface area contributed by atoms with Gasteiger partial charge in [0.05, 0.1) is 68.7 Å². The maximum Gasteiger partial charge on any atom is 0.268 e. The number of fused-ring (bicyclic) bond motifs is 4. The van der Waals surface area contributed by atoms with Crippen LogP contribution in [-0.4, -0.2) is 22.2 Å². The Balaban J connectivity index is 0.0000144. The summed E-state index contributed by atoms with van der Waals surface area (Å²) < 4.78 is 398. The average Bonchev–Trinajstić information content (AvgIpc) is 0.749. The van der Waals surface area contributed by atoms with Crippen molar-refractivity contribution < 1.29 is 85.2 Å². The van der Waals surface area contributed by atoms with Crippen LogP contribution in [0.1, 0.15) is 115 Å². The number of hydrogen-bond acceptors (Lipinski definition) is 2. The van der Waals surface area contributed by atoms with Crippen molar-refractivity contribution in [3.8, 4) is 50.9 Å². The van der Waals surface area contributed by atoms with E-state index in [0.717, 1.165) is 55.9 Å². The van der Waals surface area contributed by atoms with Gasteiger partial charge in [-0.15, -0.1) is 29.7 Å². The van der Waals surface area contributed by atoms with E-state index in [1.54, 1.807) is 18.3 Å². The molecular formula is C91H70N4OPtSi-2. The Labute approximate surface area is 645 Å². The van der Waals surface area contributed by atoms with Crippen LogP contribution in [0.25, 0.3) is 72.3 Å². The summed E-state index contributed by atoms with van der Waals surface area (Å²) in [6.07, 6.45) is 4.89. The Morgan fingerprint density at radius 2 is 1.06 bits per heavy atom. The van der Waals surface area contributed by atoms with Crippen molar-refractivity contribution in [2.45, 2.75) is 45.3 Å². The molecule has 5 nitrogen and oxygen atoms in total. The van der Waals surface area contributed by atoms with Gasteiger partial charge in [-0.2, -0.15) is 18.2 Å². The Bertz CT molecular complexity index is 7440. The molecule has 0 spiro atoms. The molecule has 476 valence electrons. The minimum atomic E-state index is -6.82. The Kier molecular flexibility index (Phi) is 8.65. The molecule has 0 unspecified atom stereocenters. The number of para-hydroxylation sites is 2. The van der Waals surface area contributed by atoms with Crippen LogP contribution in [0.3, 0.4) is 0 Å². The van der Waals surface area contributed by atoms with E-state index in [1.807, 2.05) is 61.7 Å². The molecule has 3 heterocycles. The smallest absolute Gasteiger partial charge is 0.268 e. The average molecular weight is 1500 g/mol. The first-order valence-electron chi connectivity index (χ1n) is 50.1. The summed E-state index contributed by atoms with van der Waals surface area (Å²) in [5.41, 5.74) is -13.8. The second-order valence-corrected chi connectivity index (χ2v) is 26.8. The molecule has 0 saturated carbocycles. The maximum atomic E-state index is 11.4. The normalized spacial score (nSPS) is 17.9. The zero-order valence-corrected chi connectivity index (χ0v) is 54.9. The zero-order valence-electron chi connectivity index (χ0n) is 91.6. The number of imidazole rings is 1. The molecule has 0 saturated heterocycles. The summed E-state index contributed by atoms with van der Waals surface area (Å²) in [7, 11) is -6.82. The molecule has 0 atom stereocenters. The maximum absolute atomic E-state index is 11.4. The molecule has 0 aliphatic rings. The van der Waals surface area contributed by atoms with Crippen molar-refractivity contribution in [2.75, 3.05) is 0 Å². The standard InChI is InChI=1S/C91H70N4OSi.Pt/c1-64-30-26-31-65(2)88(64)67-52-55-83-85(59-67)93(73-40-28-41-74(61-73)96-75-53-54-81-80-48-24-25-50-82(80)95(84(81)62-75)87-60-71(56-57-92-87)90(3,4)5)63-94(83)89-79(49-29-51-86(89)97(76-42-18-9-19-43-76,77-44-20-10-21-45-77)78-46-22-11-23-47-78)66-32-27-39-72(58-66)91(68-33-12-6-13-34-68,69-35-14-7-15-36-69)70-37-16-8-17-38-70;/h6-60H,1-5H3;/q-2;/i1D3,2D3,6D,7D,8D,9D,10D,11D,12D,13D,14D,15D,16D,17D,18D,19D,20D,21D,22D,23D,27D,32D,33D,34D,35D,36D,37D,38D,39D,42D,43D,44D,45D,46D,47D,58D;. The first kappa shape index (κ1) is 32.4. The van der Waals surface area contributed by atoms with Crippen LogP contribution in [0, 0.1) is 32.2 Å². The van der Waals surface area contributed by atoms with Gasteiger partial charge in [-0.1, -0.05) is 298 Å². The van der Waals surface area contributed by atoms with Gasteiger partial charge in [0, 0.05) is 52.5 Å². The molecule has 98 heavy (non-hydrogen) atoms. The van der Waals surface area contributed by atoms with E-state index in [4.69, 9.17) is 26.2 Å². The molecule has 0 amide bonds. The molecule has 16 rings (SSSR count). The number of hydrogen-bond donors (Lipinski definition) is 0. The first-order valence-corrected chi connectivity index (χ1v) is 32.1. The van der Waals surface area contributed by atoms with Crippen LogP contribution < -0.4 is 30.1 Å². The van der Waals surface area contributed by atoms with Gasteiger partial charge in [0.1, 0.15) is 5.82 Å². The minimum Gasteiger partial charge on any atom is -0.510 e. The molecule has 0 radical (unpaired) electrons. The summed E-state index contributed by atoms with van der Waals surface area (Å²) in [5, 5.41) is -2.96. The third kappa shape index (κ3) is 10.9. The summed E-state index contributed by atoms with van der Waals surface area (Å²) in [6, 6.07) is -10.4. The van der Waals surface area contributed by atoms with Crippen LogP contribution in [0.2, 0.25) is 0 Å². The fourth-order valence-corrected chi connectivity index (χ4v) is 16.5. The van der Waals surface area contributed by atoms with Crippen molar-refractivity contribution in [3.63, 3.8) is 0 Å². The van der Waals surface area contributed by atoms with Crippen molar-refractivity contribution in [3.05, 3.63) is 390 Å². The van der Waals surface area contributed by atoms with Crippen LogP contribution in [0.4, 0.5) is 0 Å². The number of aryl methyl sites for hydroxylation is 2. The van der Waals surface area contributed by atoms with E-state index in [0.29, 0.717) is 16.7 Å². The van der Waals surface area contributed by atoms with E-state index in [2.05, 4.69) is 18.5 Å². The summed E-state index contributed by atoms with van der Waals surface area (Å²) in [6.45, 7) is -0.165. The van der Waals surface area contributed by atoms with Gasteiger partial charge in [-0.25, -0.2) is 4.98 Å². The van der Waals surface area contributed by atoms with Gasteiger partial charge in [-0.05, 0) is 136 Å². The molecule has 0 fully saturated rings. The number of rotatable bonds is 15. The molecule has 16 aromatic rings. The van der Waals surface area contributed by atoms with E-state index >= 15 is 0 Å².